The van der Waals surface area contributed by atoms with E-state index in [1.54, 1.807) is 0 Å². The lowest BCUT2D eigenvalue weighted by Gasteiger charge is -2.24. The van der Waals surface area contributed by atoms with Crippen LogP contribution in [0.3, 0.4) is 0 Å². The highest BCUT2D eigenvalue weighted by Gasteiger charge is 2.45. The highest BCUT2D eigenvalue weighted by atomic mass is 32.2. The van der Waals surface area contributed by atoms with E-state index in [0.717, 1.165) is 0 Å². The molecule has 0 amide bonds. The molecule has 0 bridgehead atoms. The molecular weight excluding hydrogens is 345 g/mol. The number of ether oxygens (including phenoxy) is 1. The van der Waals surface area contributed by atoms with Gasteiger partial charge < -0.3 is 4.74 Å². The van der Waals surface area contributed by atoms with E-state index in [-0.39, 0.29) is 10.3 Å². The molecule has 1 aliphatic carbocycles. The van der Waals surface area contributed by atoms with Crippen molar-refractivity contribution >= 4 is 20.9 Å². The number of aromatic nitrogens is 1. The van der Waals surface area contributed by atoms with E-state index in [4.69, 9.17) is 4.74 Å². The van der Waals surface area contributed by atoms with Crippen molar-refractivity contribution in [3.05, 3.63) is 30.5 Å². The topological polar surface area (TPSA) is 59.5 Å². The second kappa shape index (κ2) is 5.89. The Morgan fingerprint density at radius 1 is 1.29 bits per heavy atom. The van der Waals surface area contributed by atoms with Gasteiger partial charge in [0.2, 0.25) is 10.0 Å². The van der Waals surface area contributed by atoms with Crippen LogP contribution in [0.25, 0.3) is 10.9 Å². The van der Waals surface area contributed by atoms with E-state index < -0.39 is 28.8 Å². The third kappa shape index (κ3) is 3.18. The third-order valence-electron chi connectivity index (χ3n) is 3.79. The number of pyridine rings is 1. The Hall–Kier alpha value is -1.87. The third-order valence-corrected chi connectivity index (χ3v) is 5.74. The van der Waals surface area contributed by atoms with Crippen LogP contribution >= 0.6 is 0 Å². The maximum Gasteiger partial charge on any atom is 0.402 e. The molecule has 1 heterocycles. The number of benzene rings is 1. The molecule has 0 saturated heterocycles. The molecule has 0 unspecified atom stereocenters. The number of sulfonamides is 1. The van der Waals surface area contributed by atoms with Gasteiger partial charge in [0, 0.05) is 17.6 Å². The van der Waals surface area contributed by atoms with Crippen LogP contribution in [0.15, 0.2) is 35.4 Å². The normalized spacial score (nSPS) is 15.9. The lowest BCUT2D eigenvalue weighted by Crippen LogP contribution is -2.40. The van der Waals surface area contributed by atoms with Gasteiger partial charge in [0.1, 0.15) is 17.8 Å². The highest BCUT2D eigenvalue weighted by molar-refractivity contribution is 7.89. The van der Waals surface area contributed by atoms with Gasteiger partial charge in [-0.05, 0) is 37.1 Å². The largest absolute Gasteiger partial charge is 0.494 e. The Morgan fingerprint density at radius 2 is 2.00 bits per heavy atom. The van der Waals surface area contributed by atoms with Gasteiger partial charge in [0.25, 0.3) is 0 Å². The van der Waals surface area contributed by atoms with Crippen molar-refractivity contribution in [3.63, 3.8) is 0 Å². The molecule has 1 aromatic carbocycles. The molecule has 0 atom stereocenters. The molecule has 5 nitrogen and oxygen atoms in total. The fourth-order valence-electron chi connectivity index (χ4n) is 2.59. The second-order valence-electron chi connectivity index (χ2n) is 5.56. The minimum atomic E-state index is -4.60. The summed E-state index contributed by atoms with van der Waals surface area (Å²) in [6.07, 6.45) is -2.27. The van der Waals surface area contributed by atoms with Crippen molar-refractivity contribution in [2.24, 2.45) is 0 Å². The van der Waals surface area contributed by atoms with Crippen LogP contribution in [0, 0.1) is 0 Å². The van der Waals surface area contributed by atoms with E-state index in [1.807, 2.05) is 0 Å². The van der Waals surface area contributed by atoms with Crippen molar-refractivity contribution in [2.75, 3.05) is 13.7 Å². The van der Waals surface area contributed by atoms with E-state index >= 15 is 0 Å². The highest BCUT2D eigenvalue weighted by Crippen LogP contribution is 2.37. The Labute approximate surface area is 137 Å². The molecule has 1 fully saturated rings. The summed E-state index contributed by atoms with van der Waals surface area (Å²) in [5, 5.41) is 0.240. The number of hydrogen-bond donors (Lipinski definition) is 0. The van der Waals surface area contributed by atoms with E-state index in [1.165, 1.54) is 37.6 Å². The molecule has 1 aliphatic rings. The maximum atomic E-state index is 12.9. The molecule has 0 aliphatic heterocycles. The average molecular weight is 360 g/mol. The van der Waals surface area contributed by atoms with Crippen molar-refractivity contribution in [1.82, 2.24) is 9.29 Å². The molecule has 1 saturated carbocycles. The first-order valence-electron chi connectivity index (χ1n) is 7.24. The first kappa shape index (κ1) is 17.0. The molecule has 3 rings (SSSR count). The van der Waals surface area contributed by atoms with Gasteiger partial charge in [-0.3, -0.25) is 4.98 Å². The number of alkyl halides is 3. The van der Waals surface area contributed by atoms with Crippen molar-refractivity contribution in [1.29, 1.82) is 0 Å². The molecular formula is C15H15F3N2O3S. The van der Waals surface area contributed by atoms with Crippen LogP contribution in [0.5, 0.6) is 5.75 Å². The van der Waals surface area contributed by atoms with Gasteiger partial charge in [-0.1, -0.05) is 0 Å². The maximum absolute atomic E-state index is 12.9. The molecule has 2 aromatic rings. The Kier molecular flexibility index (Phi) is 4.16. The summed E-state index contributed by atoms with van der Waals surface area (Å²) in [5.74, 6) is 0.360. The van der Waals surface area contributed by atoms with Gasteiger partial charge >= 0.3 is 6.18 Å². The predicted molar refractivity (Wildman–Crippen MR) is 81.3 cm³/mol. The lowest BCUT2D eigenvalue weighted by molar-refractivity contribution is -0.136. The van der Waals surface area contributed by atoms with Crippen LogP contribution in [0.4, 0.5) is 13.2 Å². The van der Waals surface area contributed by atoms with Gasteiger partial charge in [-0.25, -0.2) is 8.42 Å². The molecule has 24 heavy (non-hydrogen) atoms. The molecule has 1 aromatic heterocycles. The monoisotopic (exact) mass is 360 g/mol. The van der Waals surface area contributed by atoms with Gasteiger partial charge in [-0.15, -0.1) is 0 Å². The summed E-state index contributed by atoms with van der Waals surface area (Å²) in [6, 6.07) is 5.11. The summed E-state index contributed by atoms with van der Waals surface area (Å²) in [4.78, 5) is 3.90. The standard InChI is InChI=1S/C15H15F3N2O3S/c1-23-12-6-7-13(11-3-2-8-19-14(11)12)24(21,22)20(10-4-5-10)9-15(16,17)18/h2-3,6-8,10H,4-5,9H2,1H3. The minimum absolute atomic E-state index is 0.192. The summed E-state index contributed by atoms with van der Waals surface area (Å²) >= 11 is 0. The van der Waals surface area contributed by atoms with E-state index in [2.05, 4.69) is 4.98 Å². The molecule has 0 radical (unpaired) electrons. The van der Waals surface area contributed by atoms with Crippen LogP contribution in [-0.2, 0) is 10.0 Å². The zero-order valence-corrected chi connectivity index (χ0v) is 13.6. The fraction of sp³-hybridized carbons (Fsp3) is 0.400. The number of rotatable bonds is 5. The quantitative estimate of drug-likeness (QED) is 0.823. The average Bonchev–Trinajstić information content (AvgIpc) is 3.35. The zero-order chi connectivity index (χ0) is 17.5. The molecule has 130 valence electrons. The smallest absolute Gasteiger partial charge is 0.402 e. The lowest BCUT2D eigenvalue weighted by atomic mass is 10.2. The zero-order valence-electron chi connectivity index (χ0n) is 12.7. The van der Waals surface area contributed by atoms with Crippen LogP contribution in [0.1, 0.15) is 12.8 Å². The number of fused-ring (bicyclic) bond motifs is 1. The summed E-state index contributed by atoms with van der Waals surface area (Å²) in [7, 11) is -2.89. The van der Waals surface area contributed by atoms with Crippen molar-refractivity contribution < 1.29 is 26.3 Å². The summed E-state index contributed by atoms with van der Waals surface area (Å²) in [5.41, 5.74) is 0.295. The van der Waals surface area contributed by atoms with E-state index in [9.17, 15) is 21.6 Å². The number of halogens is 3. The van der Waals surface area contributed by atoms with Crippen LogP contribution in [-0.4, -0.2) is 43.6 Å². The number of methoxy groups -OCH3 is 1. The van der Waals surface area contributed by atoms with Crippen LogP contribution < -0.4 is 4.74 Å². The molecule has 9 heteroatoms. The van der Waals surface area contributed by atoms with Crippen molar-refractivity contribution in [3.8, 4) is 5.75 Å². The number of nitrogens with zero attached hydrogens (tertiary/aromatic N) is 2. The fourth-order valence-corrected chi connectivity index (χ4v) is 4.44. The summed E-state index contributed by atoms with van der Waals surface area (Å²) in [6.45, 7) is -1.49. The Morgan fingerprint density at radius 3 is 2.58 bits per heavy atom. The predicted octanol–water partition coefficient (Wildman–Crippen LogP) is 2.96. The Bertz CT molecular complexity index is 864. The molecule has 0 N–H and O–H groups in total. The summed E-state index contributed by atoms with van der Waals surface area (Å²) < 4.78 is 69.9. The first-order chi connectivity index (χ1) is 11.2. The van der Waals surface area contributed by atoms with Gasteiger partial charge in [0.05, 0.1) is 12.0 Å². The van der Waals surface area contributed by atoms with Gasteiger partial charge in [0.15, 0.2) is 0 Å². The van der Waals surface area contributed by atoms with E-state index in [0.29, 0.717) is 28.4 Å². The number of hydrogen-bond acceptors (Lipinski definition) is 4. The van der Waals surface area contributed by atoms with Crippen molar-refractivity contribution in [2.45, 2.75) is 30.0 Å². The minimum Gasteiger partial charge on any atom is -0.494 e. The first-order valence-corrected chi connectivity index (χ1v) is 8.68. The molecule has 0 spiro atoms. The SMILES string of the molecule is COc1ccc(S(=O)(=O)N(CC(F)(F)F)C2CC2)c2cccnc12. The Balaban J connectivity index is 2.14. The van der Waals surface area contributed by atoms with Gasteiger partial charge in [-0.2, -0.15) is 17.5 Å². The second-order valence-corrected chi connectivity index (χ2v) is 7.42. The van der Waals surface area contributed by atoms with Crippen LogP contribution in [0.2, 0.25) is 0 Å².